The van der Waals surface area contributed by atoms with E-state index < -0.39 is 12.0 Å². The molecular weight excluding hydrogens is 254 g/mol. The van der Waals surface area contributed by atoms with E-state index in [4.69, 9.17) is 0 Å². The molecule has 2 aliphatic heterocycles. The smallest absolute Gasteiger partial charge is 0.203 e. The zero-order chi connectivity index (χ0) is 14.1. The molecule has 0 aromatic heterocycles. The molecule has 4 nitrogen and oxygen atoms in total. The average molecular weight is 275 g/mol. The zero-order valence-electron chi connectivity index (χ0n) is 11.7. The van der Waals surface area contributed by atoms with Crippen LogP contribution < -0.4 is 0 Å². The molecule has 0 aromatic carbocycles. The Morgan fingerprint density at radius 2 is 2.25 bits per heavy atom. The zero-order valence-corrected chi connectivity index (χ0v) is 11.7. The maximum Gasteiger partial charge on any atom is 0.203 e. The molecule has 4 aliphatic rings. The van der Waals surface area contributed by atoms with Crippen molar-refractivity contribution in [2.75, 3.05) is 13.1 Å². The predicted molar refractivity (Wildman–Crippen MR) is 74.1 cm³/mol. The summed E-state index contributed by atoms with van der Waals surface area (Å²) in [6.07, 6.45) is 6.26. The molecule has 1 saturated carbocycles. The van der Waals surface area contributed by atoms with Gasteiger partial charge in [-0.05, 0) is 37.6 Å². The summed E-state index contributed by atoms with van der Waals surface area (Å²) < 4.78 is 0. The maximum absolute atomic E-state index is 12.5. The Kier molecular flexibility index (Phi) is 2.49. The first kappa shape index (κ1) is 12.6. The summed E-state index contributed by atoms with van der Waals surface area (Å²) in [5, 5.41) is 20.9. The molecule has 0 radical (unpaired) electrons. The SMILES string of the molecule is C[C@H]1C[C@]23C4=C(O)C(=O)[C@H]([C@H]1O)[C@H]2CCCN3CC=C4. The lowest BCUT2D eigenvalue weighted by Gasteiger charge is -2.62. The van der Waals surface area contributed by atoms with Crippen molar-refractivity contribution in [1.29, 1.82) is 0 Å². The van der Waals surface area contributed by atoms with Crippen molar-refractivity contribution in [3.8, 4) is 0 Å². The van der Waals surface area contributed by atoms with Gasteiger partial charge in [0.1, 0.15) is 0 Å². The molecule has 0 unspecified atom stereocenters. The van der Waals surface area contributed by atoms with Gasteiger partial charge in [-0.1, -0.05) is 19.1 Å². The summed E-state index contributed by atoms with van der Waals surface area (Å²) in [6, 6.07) is 0. The number of aliphatic hydroxyl groups is 2. The number of Topliss-reactive ketones (excluding diaryl/α,β-unsaturated/α-hetero) is 1. The Labute approximate surface area is 118 Å². The van der Waals surface area contributed by atoms with Crippen molar-refractivity contribution in [1.82, 2.24) is 4.90 Å². The molecule has 2 aliphatic carbocycles. The lowest BCUT2D eigenvalue weighted by atomic mass is 9.51. The van der Waals surface area contributed by atoms with Gasteiger partial charge < -0.3 is 10.2 Å². The lowest BCUT2D eigenvalue weighted by molar-refractivity contribution is -0.153. The molecule has 4 heteroatoms. The quantitative estimate of drug-likeness (QED) is 0.702. The van der Waals surface area contributed by atoms with Gasteiger partial charge in [-0.2, -0.15) is 0 Å². The van der Waals surface area contributed by atoms with Crippen LogP contribution in [0.25, 0.3) is 0 Å². The maximum atomic E-state index is 12.5. The van der Waals surface area contributed by atoms with Gasteiger partial charge in [0.2, 0.25) is 5.78 Å². The number of ketones is 1. The van der Waals surface area contributed by atoms with Crippen LogP contribution in [0.1, 0.15) is 26.2 Å². The van der Waals surface area contributed by atoms with E-state index in [9.17, 15) is 15.0 Å². The number of aliphatic hydroxyl groups excluding tert-OH is 2. The molecule has 20 heavy (non-hydrogen) atoms. The molecule has 1 saturated heterocycles. The number of piperidine rings is 1. The molecule has 2 bridgehead atoms. The van der Waals surface area contributed by atoms with Crippen molar-refractivity contribution < 1.29 is 15.0 Å². The summed E-state index contributed by atoms with van der Waals surface area (Å²) in [7, 11) is 0. The minimum atomic E-state index is -0.618. The van der Waals surface area contributed by atoms with Crippen molar-refractivity contribution in [2.45, 2.75) is 37.8 Å². The highest BCUT2D eigenvalue weighted by molar-refractivity contribution is 5.99. The van der Waals surface area contributed by atoms with Crippen LogP contribution >= 0.6 is 0 Å². The van der Waals surface area contributed by atoms with Crippen LogP contribution in [0.5, 0.6) is 0 Å². The molecule has 2 N–H and O–H groups in total. The van der Waals surface area contributed by atoms with Crippen LogP contribution in [0.15, 0.2) is 23.5 Å². The number of allylic oxidation sites excluding steroid dienone is 1. The first-order chi connectivity index (χ1) is 9.57. The average Bonchev–Trinajstić information content (AvgIpc) is 2.44. The highest BCUT2D eigenvalue weighted by Crippen LogP contribution is 2.57. The number of carbonyl (C=O) groups is 1. The van der Waals surface area contributed by atoms with E-state index in [-0.39, 0.29) is 28.9 Å². The molecular formula is C16H21NO3. The minimum Gasteiger partial charge on any atom is -0.504 e. The van der Waals surface area contributed by atoms with Crippen LogP contribution in [0.2, 0.25) is 0 Å². The molecule has 4 rings (SSSR count). The minimum absolute atomic E-state index is 0.0930. The summed E-state index contributed by atoms with van der Waals surface area (Å²) in [4.78, 5) is 14.9. The van der Waals surface area contributed by atoms with E-state index in [0.29, 0.717) is 0 Å². The second-order valence-corrected chi connectivity index (χ2v) is 6.85. The predicted octanol–water partition coefficient (Wildman–Crippen LogP) is 1.42. The Hall–Kier alpha value is -1.13. The Morgan fingerprint density at radius 3 is 3.05 bits per heavy atom. The lowest BCUT2D eigenvalue weighted by Crippen LogP contribution is -2.69. The number of carbonyl (C=O) groups excluding carboxylic acids is 1. The van der Waals surface area contributed by atoms with Gasteiger partial charge in [0.25, 0.3) is 0 Å². The van der Waals surface area contributed by atoms with E-state index in [1.54, 1.807) is 0 Å². The van der Waals surface area contributed by atoms with Gasteiger partial charge in [0, 0.05) is 12.1 Å². The molecule has 1 spiro atoms. The number of hydrogen-bond donors (Lipinski definition) is 2. The van der Waals surface area contributed by atoms with Crippen molar-refractivity contribution in [3.05, 3.63) is 23.5 Å². The van der Waals surface area contributed by atoms with E-state index in [1.165, 1.54) is 0 Å². The molecule has 0 aromatic rings. The van der Waals surface area contributed by atoms with Gasteiger partial charge in [-0.15, -0.1) is 0 Å². The second-order valence-electron chi connectivity index (χ2n) is 6.85. The molecule has 2 fully saturated rings. The fourth-order valence-corrected chi connectivity index (χ4v) is 5.22. The summed E-state index contributed by atoms with van der Waals surface area (Å²) >= 11 is 0. The Balaban J connectivity index is 1.98. The number of nitrogens with zero attached hydrogens (tertiary/aromatic N) is 1. The molecule has 108 valence electrons. The molecule has 0 amide bonds. The summed E-state index contributed by atoms with van der Waals surface area (Å²) in [6.45, 7) is 3.93. The van der Waals surface area contributed by atoms with Gasteiger partial charge in [0.15, 0.2) is 5.76 Å². The number of rotatable bonds is 0. The highest BCUT2D eigenvalue weighted by atomic mass is 16.3. The number of hydrogen-bond acceptors (Lipinski definition) is 4. The fourth-order valence-electron chi connectivity index (χ4n) is 5.22. The largest absolute Gasteiger partial charge is 0.504 e. The van der Waals surface area contributed by atoms with Crippen LogP contribution in [0, 0.1) is 17.8 Å². The topological polar surface area (TPSA) is 60.8 Å². The van der Waals surface area contributed by atoms with E-state index in [2.05, 4.69) is 4.90 Å². The van der Waals surface area contributed by atoms with Crippen LogP contribution in [0.3, 0.4) is 0 Å². The second kappa shape index (κ2) is 3.95. The van der Waals surface area contributed by atoms with E-state index in [0.717, 1.165) is 37.9 Å². The summed E-state index contributed by atoms with van der Waals surface area (Å²) in [5.41, 5.74) is 0.599. The molecule has 2 heterocycles. The normalized spacial score (nSPS) is 47.4. The summed E-state index contributed by atoms with van der Waals surface area (Å²) in [5.74, 6) is -0.508. The highest BCUT2D eigenvalue weighted by Gasteiger charge is 2.63. The van der Waals surface area contributed by atoms with E-state index >= 15 is 0 Å². The van der Waals surface area contributed by atoms with Crippen molar-refractivity contribution >= 4 is 5.78 Å². The first-order valence-corrected chi connectivity index (χ1v) is 7.65. The van der Waals surface area contributed by atoms with Crippen LogP contribution in [-0.4, -0.2) is 45.6 Å². The van der Waals surface area contributed by atoms with Crippen molar-refractivity contribution in [2.24, 2.45) is 17.8 Å². The first-order valence-electron chi connectivity index (χ1n) is 7.65. The van der Waals surface area contributed by atoms with Gasteiger partial charge in [-0.3, -0.25) is 9.69 Å². The van der Waals surface area contributed by atoms with Crippen molar-refractivity contribution in [3.63, 3.8) is 0 Å². The third-order valence-corrected chi connectivity index (χ3v) is 6.01. The Bertz CT molecular complexity index is 538. The van der Waals surface area contributed by atoms with E-state index in [1.807, 2.05) is 19.1 Å². The standard InChI is InChI=1S/C16H21NO3/c1-9-8-16-10-4-2-6-17(16)7-3-5-11(16)14(19)15(20)12(10)13(9)18/h3,5,9-10,12-13,18-19H,2,4,6-8H2,1H3/t9-,10+,12-,13-,16+/m0/s1. The fraction of sp³-hybridized carbons (Fsp3) is 0.688. The molecule has 5 atom stereocenters. The van der Waals surface area contributed by atoms with Gasteiger partial charge in [0.05, 0.1) is 17.6 Å². The monoisotopic (exact) mass is 275 g/mol. The van der Waals surface area contributed by atoms with Crippen LogP contribution in [-0.2, 0) is 4.79 Å². The van der Waals surface area contributed by atoms with Crippen LogP contribution in [0.4, 0.5) is 0 Å². The van der Waals surface area contributed by atoms with Gasteiger partial charge in [-0.25, -0.2) is 0 Å². The third-order valence-electron chi connectivity index (χ3n) is 6.01. The Morgan fingerprint density at radius 1 is 1.45 bits per heavy atom. The third kappa shape index (κ3) is 1.27. The van der Waals surface area contributed by atoms with Gasteiger partial charge >= 0.3 is 0 Å².